The van der Waals surface area contributed by atoms with Crippen LogP contribution >= 0.6 is 0 Å². The van der Waals surface area contributed by atoms with E-state index in [1.165, 1.54) is 26.4 Å². The lowest BCUT2D eigenvalue weighted by Crippen LogP contribution is -2.56. The van der Waals surface area contributed by atoms with Gasteiger partial charge < -0.3 is 14.6 Å². The molecule has 34 heavy (non-hydrogen) atoms. The number of hydrogen-bond donors (Lipinski definition) is 2. The third-order valence-corrected chi connectivity index (χ3v) is 5.36. The van der Waals surface area contributed by atoms with Crippen LogP contribution < -0.4 is 14.9 Å². The molecule has 1 aromatic heterocycles. The Morgan fingerprint density at radius 2 is 1.82 bits per heavy atom. The van der Waals surface area contributed by atoms with Crippen LogP contribution in [0.15, 0.2) is 60.3 Å². The van der Waals surface area contributed by atoms with Gasteiger partial charge in [0, 0.05) is 17.0 Å². The molecule has 1 unspecified atom stereocenters. The maximum atomic E-state index is 13.7. The van der Waals surface area contributed by atoms with Crippen LogP contribution in [0.1, 0.15) is 10.4 Å². The van der Waals surface area contributed by atoms with Gasteiger partial charge in [-0.3, -0.25) is 10.2 Å². The highest BCUT2D eigenvalue weighted by molar-refractivity contribution is 6.07. The van der Waals surface area contributed by atoms with E-state index in [4.69, 9.17) is 9.47 Å². The molecule has 7 nitrogen and oxygen atoms in total. The van der Waals surface area contributed by atoms with Gasteiger partial charge in [-0.05, 0) is 30.3 Å². The van der Waals surface area contributed by atoms with Gasteiger partial charge in [0.2, 0.25) is 5.72 Å². The summed E-state index contributed by atoms with van der Waals surface area (Å²) in [4.78, 5) is 18.0. The largest absolute Gasteiger partial charge is 0.497 e. The van der Waals surface area contributed by atoms with E-state index in [0.717, 1.165) is 0 Å². The van der Waals surface area contributed by atoms with Gasteiger partial charge in [-0.25, -0.2) is 27.6 Å². The third-order valence-electron chi connectivity index (χ3n) is 5.36. The van der Waals surface area contributed by atoms with Crippen LogP contribution in [0, 0.1) is 0 Å². The molecule has 11 heteroatoms. The van der Waals surface area contributed by atoms with Gasteiger partial charge in [0.1, 0.15) is 11.5 Å². The van der Waals surface area contributed by atoms with E-state index in [1.54, 1.807) is 36.4 Å². The lowest BCUT2D eigenvalue weighted by molar-refractivity contribution is -0.146. The smallest absolute Gasteiger partial charge is 0.291 e. The number of halogens is 4. The molecule has 1 atom stereocenters. The minimum Gasteiger partial charge on any atom is -0.497 e. The molecule has 0 aliphatic carbocycles. The first-order valence-corrected chi connectivity index (χ1v) is 9.94. The summed E-state index contributed by atoms with van der Waals surface area (Å²) < 4.78 is 64.5. The van der Waals surface area contributed by atoms with Gasteiger partial charge in [0.25, 0.3) is 18.8 Å². The summed E-state index contributed by atoms with van der Waals surface area (Å²) in [6.07, 6.45) is -6.53. The number of allylic oxidation sites excluding steroid dienone is 1. The molecule has 0 saturated heterocycles. The van der Waals surface area contributed by atoms with Gasteiger partial charge in [0.15, 0.2) is 0 Å². The molecule has 1 aliphatic heterocycles. The zero-order valence-corrected chi connectivity index (χ0v) is 17.9. The van der Waals surface area contributed by atoms with Crippen LogP contribution in [0.4, 0.5) is 17.6 Å². The van der Waals surface area contributed by atoms with Crippen molar-refractivity contribution in [1.82, 2.24) is 15.4 Å². The van der Waals surface area contributed by atoms with E-state index in [1.807, 2.05) is 5.43 Å². The van der Waals surface area contributed by atoms with Crippen LogP contribution in [0.25, 0.3) is 22.2 Å². The Labute approximate surface area is 191 Å². The van der Waals surface area contributed by atoms with Crippen molar-refractivity contribution < 1.29 is 36.9 Å². The molecule has 0 radical (unpaired) electrons. The number of aromatic nitrogens is 1. The number of alkyl halides is 4. The van der Waals surface area contributed by atoms with Crippen molar-refractivity contribution in [1.29, 1.82) is 0 Å². The normalized spacial score (nSPS) is 17.8. The maximum Gasteiger partial charge on any atom is 0.291 e. The quantitative estimate of drug-likeness (QED) is 0.523. The number of nitrogens with zero attached hydrogens (tertiary/aromatic N) is 2. The monoisotopic (exact) mass is 477 g/mol. The van der Waals surface area contributed by atoms with Crippen LogP contribution in [0.5, 0.6) is 11.5 Å². The first-order chi connectivity index (χ1) is 16.2. The number of ether oxygens (including phenoxy) is 2. The molecule has 1 amide bonds. The van der Waals surface area contributed by atoms with Crippen molar-refractivity contribution in [3.05, 3.63) is 65.9 Å². The Bertz CT molecular complexity index is 1280. The number of fused-ring (bicyclic) bond motifs is 1. The Morgan fingerprint density at radius 1 is 1.09 bits per heavy atom. The number of hydrogen-bond acceptors (Lipinski definition) is 6. The molecule has 4 rings (SSSR count). The van der Waals surface area contributed by atoms with Crippen molar-refractivity contribution in [3.8, 4) is 22.8 Å². The standard InChI is InChI=1S/C23H19F4N3O4/c1-33-12-7-8-19(34-2)15(9-12)17-10-14(13-5-3-4-6-16(13)28-17)21(31)30-23(32,22(26)27)11-18(29-30)20(24)25/h3-11,20,22,29,32H,1-2H3. The van der Waals surface area contributed by atoms with Crippen LogP contribution in [-0.2, 0) is 0 Å². The van der Waals surface area contributed by atoms with Gasteiger partial charge in [0.05, 0.1) is 36.7 Å². The van der Waals surface area contributed by atoms with E-state index in [2.05, 4.69) is 4.98 Å². The van der Waals surface area contributed by atoms with Crippen LogP contribution in [0.2, 0.25) is 0 Å². The fourth-order valence-electron chi connectivity index (χ4n) is 3.66. The average molecular weight is 477 g/mol. The van der Waals surface area contributed by atoms with E-state index in [0.29, 0.717) is 22.6 Å². The highest BCUT2D eigenvalue weighted by atomic mass is 19.3. The van der Waals surface area contributed by atoms with Crippen molar-refractivity contribution in [2.45, 2.75) is 18.6 Å². The summed E-state index contributed by atoms with van der Waals surface area (Å²) in [7, 11) is 2.90. The second-order valence-electron chi connectivity index (χ2n) is 7.37. The Hall–Kier alpha value is -3.86. The van der Waals surface area contributed by atoms with Gasteiger partial charge in [-0.15, -0.1) is 0 Å². The summed E-state index contributed by atoms with van der Waals surface area (Å²) >= 11 is 0. The lowest BCUT2D eigenvalue weighted by atomic mass is 10.0. The SMILES string of the molecule is COc1ccc(OC)c(-c2cc(C(=O)N3NC(C(F)F)=CC3(O)C(F)F)c3ccccc3n2)c1. The zero-order chi connectivity index (χ0) is 24.6. The molecular weight excluding hydrogens is 458 g/mol. The minimum absolute atomic E-state index is 0.105. The van der Waals surface area contributed by atoms with Gasteiger partial charge in [-0.2, -0.15) is 0 Å². The first-order valence-electron chi connectivity index (χ1n) is 9.94. The Kier molecular flexibility index (Phi) is 6.05. The number of carbonyl (C=O) groups excluding carboxylic acids is 1. The summed E-state index contributed by atoms with van der Waals surface area (Å²) in [6, 6.07) is 12.6. The number of pyridine rings is 1. The molecule has 2 N–H and O–H groups in total. The molecule has 3 aromatic rings. The minimum atomic E-state index is -3.56. The summed E-state index contributed by atoms with van der Waals surface area (Å²) in [5.74, 6) is -0.291. The number of aliphatic hydroxyl groups is 1. The summed E-state index contributed by atoms with van der Waals surface area (Å²) in [5, 5.41) is 10.8. The number of carbonyl (C=O) groups is 1. The number of benzene rings is 2. The second kappa shape index (κ2) is 8.82. The molecule has 0 saturated carbocycles. The average Bonchev–Trinajstić information content (AvgIpc) is 3.21. The number of hydrazine groups is 1. The van der Waals surface area contributed by atoms with E-state index in [9.17, 15) is 27.5 Å². The summed E-state index contributed by atoms with van der Waals surface area (Å²) in [6.45, 7) is 0. The Balaban J connectivity index is 1.90. The molecule has 0 spiro atoms. The van der Waals surface area contributed by atoms with Crippen molar-refractivity contribution >= 4 is 16.8 Å². The molecule has 2 heterocycles. The molecule has 2 aromatic carbocycles. The molecule has 0 bridgehead atoms. The van der Waals surface area contributed by atoms with Gasteiger partial charge in [-0.1, -0.05) is 18.2 Å². The summed E-state index contributed by atoms with van der Waals surface area (Å²) in [5.41, 5.74) is -1.51. The first kappa shape index (κ1) is 23.3. The molecule has 1 aliphatic rings. The lowest BCUT2D eigenvalue weighted by Gasteiger charge is -2.32. The predicted molar refractivity (Wildman–Crippen MR) is 115 cm³/mol. The second-order valence-corrected chi connectivity index (χ2v) is 7.37. The van der Waals surface area contributed by atoms with Crippen molar-refractivity contribution in [2.24, 2.45) is 0 Å². The van der Waals surface area contributed by atoms with Crippen LogP contribution in [-0.4, -0.2) is 53.8 Å². The van der Waals surface area contributed by atoms with Crippen molar-refractivity contribution in [2.75, 3.05) is 14.2 Å². The number of amides is 1. The third kappa shape index (κ3) is 3.87. The fraction of sp³-hybridized carbons (Fsp3) is 0.217. The van der Waals surface area contributed by atoms with E-state index in [-0.39, 0.29) is 27.7 Å². The number of para-hydroxylation sites is 1. The highest BCUT2D eigenvalue weighted by Gasteiger charge is 2.51. The number of methoxy groups -OCH3 is 2. The molecule has 0 fully saturated rings. The van der Waals surface area contributed by atoms with E-state index < -0.39 is 30.2 Å². The predicted octanol–water partition coefficient (Wildman–Crippen LogP) is 3.98. The fourth-order valence-corrected chi connectivity index (χ4v) is 3.66. The van der Waals surface area contributed by atoms with E-state index >= 15 is 0 Å². The number of rotatable bonds is 6. The van der Waals surface area contributed by atoms with Crippen LogP contribution in [0.3, 0.4) is 0 Å². The number of nitrogens with one attached hydrogen (secondary N) is 1. The maximum absolute atomic E-state index is 13.7. The topological polar surface area (TPSA) is 83.9 Å². The van der Waals surface area contributed by atoms with Crippen molar-refractivity contribution in [3.63, 3.8) is 0 Å². The highest BCUT2D eigenvalue weighted by Crippen LogP contribution is 2.36. The zero-order valence-electron chi connectivity index (χ0n) is 17.9. The Morgan fingerprint density at radius 3 is 2.47 bits per heavy atom. The van der Waals surface area contributed by atoms with Gasteiger partial charge >= 0.3 is 0 Å². The molecular formula is C23H19F4N3O4. The molecule has 178 valence electrons.